The number of hydrogen-bond acceptors (Lipinski definition) is 4. The summed E-state index contributed by atoms with van der Waals surface area (Å²) in [6.07, 6.45) is 8.45. The van der Waals surface area contributed by atoms with Gasteiger partial charge in [-0.25, -0.2) is 4.98 Å². The Balaban J connectivity index is 1.79. The molecule has 0 saturated heterocycles. The average Bonchev–Trinajstić information content (AvgIpc) is 2.65. The average molecular weight is 403 g/mol. The lowest BCUT2D eigenvalue weighted by Gasteiger charge is -2.36. The zero-order valence-corrected chi connectivity index (χ0v) is 15.3. The molecule has 1 heterocycles. The minimum atomic E-state index is -0.917. The van der Waals surface area contributed by atoms with Crippen molar-refractivity contribution in [2.24, 2.45) is 0 Å². The van der Waals surface area contributed by atoms with Gasteiger partial charge in [-0.2, -0.15) is 0 Å². The third kappa shape index (κ3) is 4.22. The van der Waals surface area contributed by atoms with E-state index >= 15 is 0 Å². The van der Waals surface area contributed by atoms with Crippen LogP contribution in [0.5, 0.6) is 0 Å². The first-order valence-electron chi connectivity index (χ1n) is 8.25. The van der Waals surface area contributed by atoms with E-state index in [1.54, 1.807) is 0 Å². The first-order chi connectivity index (χ1) is 12.1. The highest BCUT2D eigenvalue weighted by molar-refractivity contribution is 9.10. The van der Waals surface area contributed by atoms with Gasteiger partial charge in [-0.1, -0.05) is 35.2 Å². The van der Waals surface area contributed by atoms with Crippen LogP contribution in [0.1, 0.15) is 42.6 Å². The Kier molecular flexibility index (Phi) is 5.43. The lowest BCUT2D eigenvalue weighted by Crippen LogP contribution is -2.58. The zero-order chi connectivity index (χ0) is 17.7. The maximum atomic E-state index is 13.0. The number of amides is 2. The predicted octanol–water partition coefficient (Wildman–Crippen LogP) is 3.31. The van der Waals surface area contributed by atoms with E-state index in [0.717, 1.165) is 23.7 Å². The van der Waals surface area contributed by atoms with Crippen molar-refractivity contribution < 1.29 is 9.59 Å². The Hall–Kier alpha value is -2.28. The van der Waals surface area contributed by atoms with Crippen molar-refractivity contribution >= 4 is 33.4 Å². The lowest BCUT2D eigenvalue weighted by molar-refractivity contribution is -0.123. The fraction of sp³-hybridized carbons (Fsp3) is 0.333. The van der Waals surface area contributed by atoms with Crippen LogP contribution in [0.15, 0.2) is 47.3 Å². The van der Waals surface area contributed by atoms with Crippen molar-refractivity contribution in [2.75, 3.05) is 5.32 Å². The van der Waals surface area contributed by atoms with Gasteiger partial charge in [0.1, 0.15) is 11.2 Å². The summed E-state index contributed by atoms with van der Waals surface area (Å²) in [6, 6.07) is 7.37. The molecule has 0 bridgehead atoms. The molecule has 2 amide bonds. The fourth-order valence-corrected chi connectivity index (χ4v) is 3.31. The Morgan fingerprint density at radius 1 is 1.04 bits per heavy atom. The highest BCUT2D eigenvalue weighted by Gasteiger charge is 2.41. The van der Waals surface area contributed by atoms with Crippen LogP contribution in [-0.4, -0.2) is 27.3 Å². The number of carbonyl (C=O) groups is 2. The van der Waals surface area contributed by atoms with Gasteiger partial charge in [0.25, 0.3) is 5.91 Å². The molecule has 0 atom stereocenters. The van der Waals surface area contributed by atoms with Gasteiger partial charge < -0.3 is 10.6 Å². The SMILES string of the molecule is O=C(NC1(C(=O)Nc2ccc(Br)cc2)CCCCC1)c1cnccn1. The van der Waals surface area contributed by atoms with E-state index in [2.05, 4.69) is 36.5 Å². The van der Waals surface area contributed by atoms with Gasteiger partial charge in [-0.3, -0.25) is 14.6 Å². The molecule has 2 N–H and O–H groups in total. The van der Waals surface area contributed by atoms with Gasteiger partial charge in [0.05, 0.1) is 6.20 Å². The molecule has 25 heavy (non-hydrogen) atoms. The first-order valence-corrected chi connectivity index (χ1v) is 9.04. The number of hydrogen-bond donors (Lipinski definition) is 2. The van der Waals surface area contributed by atoms with E-state index in [4.69, 9.17) is 0 Å². The summed E-state index contributed by atoms with van der Waals surface area (Å²) >= 11 is 3.37. The van der Waals surface area contributed by atoms with Crippen molar-refractivity contribution in [2.45, 2.75) is 37.6 Å². The molecule has 1 fully saturated rings. The molecule has 1 saturated carbocycles. The van der Waals surface area contributed by atoms with E-state index in [1.807, 2.05) is 24.3 Å². The molecule has 1 aromatic heterocycles. The van der Waals surface area contributed by atoms with Gasteiger partial charge in [0, 0.05) is 22.6 Å². The van der Waals surface area contributed by atoms with Crippen molar-refractivity contribution in [3.63, 3.8) is 0 Å². The molecule has 0 spiro atoms. The Morgan fingerprint density at radius 3 is 2.40 bits per heavy atom. The van der Waals surface area contributed by atoms with Gasteiger partial charge in [-0.05, 0) is 37.1 Å². The molecule has 0 radical (unpaired) electrons. The molecule has 1 aliphatic carbocycles. The maximum absolute atomic E-state index is 13.0. The van der Waals surface area contributed by atoms with Crippen molar-refractivity contribution in [3.05, 3.63) is 53.0 Å². The van der Waals surface area contributed by atoms with E-state index in [1.165, 1.54) is 18.6 Å². The fourth-order valence-electron chi connectivity index (χ4n) is 3.05. The number of halogens is 1. The van der Waals surface area contributed by atoms with Crippen molar-refractivity contribution in [3.8, 4) is 0 Å². The van der Waals surface area contributed by atoms with E-state index in [0.29, 0.717) is 18.5 Å². The van der Waals surface area contributed by atoms with Crippen molar-refractivity contribution in [1.82, 2.24) is 15.3 Å². The van der Waals surface area contributed by atoms with Crippen molar-refractivity contribution in [1.29, 1.82) is 0 Å². The van der Waals surface area contributed by atoms with Crippen LogP contribution in [0.3, 0.4) is 0 Å². The van der Waals surface area contributed by atoms with Crippen LogP contribution in [0.25, 0.3) is 0 Å². The topological polar surface area (TPSA) is 84.0 Å². The van der Waals surface area contributed by atoms with Crippen LogP contribution in [0.2, 0.25) is 0 Å². The minimum absolute atomic E-state index is 0.188. The number of anilines is 1. The standard InChI is InChI=1S/C18H19BrN4O2/c19-13-4-6-14(7-5-13)22-17(25)18(8-2-1-3-9-18)23-16(24)15-12-20-10-11-21-15/h4-7,10-12H,1-3,8-9H2,(H,22,25)(H,23,24). The van der Waals surface area contributed by atoms with Gasteiger partial charge >= 0.3 is 0 Å². The molecule has 130 valence electrons. The molecular weight excluding hydrogens is 384 g/mol. The first kappa shape index (κ1) is 17.5. The summed E-state index contributed by atoms with van der Waals surface area (Å²) in [7, 11) is 0. The van der Waals surface area contributed by atoms with Gasteiger partial charge in [0.2, 0.25) is 5.91 Å². The number of carbonyl (C=O) groups excluding carboxylic acids is 2. The third-order valence-corrected chi connectivity index (χ3v) is 4.92. The molecule has 1 aliphatic rings. The second kappa shape index (κ2) is 7.74. The summed E-state index contributed by atoms with van der Waals surface area (Å²) in [4.78, 5) is 33.4. The number of nitrogens with zero attached hydrogens (tertiary/aromatic N) is 2. The predicted molar refractivity (Wildman–Crippen MR) is 98.1 cm³/mol. The highest BCUT2D eigenvalue weighted by atomic mass is 79.9. The molecular formula is C18H19BrN4O2. The molecule has 1 aromatic carbocycles. The molecule has 3 rings (SSSR count). The molecule has 6 nitrogen and oxygen atoms in total. The summed E-state index contributed by atoms with van der Waals surface area (Å²) in [5.41, 5.74) is -0.00397. The maximum Gasteiger partial charge on any atom is 0.272 e. The zero-order valence-electron chi connectivity index (χ0n) is 13.7. The van der Waals surface area contributed by atoms with Gasteiger partial charge in [-0.15, -0.1) is 0 Å². The molecule has 0 aliphatic heterocycles. The Labute approximate surface area is 154 Å². The number of nitrogens with one attached hydrogen (secondary N) is 2. The minimum Gasteiger partial charge on any atom is -0.336 e. The van der Waals surface area contributed by atoms with E-state index in [9.17, 15) is 9.59 Å². The Morgan fingerprint density at radius 2 is 1.76 bits per heavy atom. The Bertz CT molecular complexity index is 743. The van der Waals surface area contributed by atoms with E-state index in [-0.39, 0.29) is 17.5 Å². The molecule has 0 unspecified atom stereocenters. The van der Waals surface area contributed by atoms with Gasteiger partial charge in [0.15, 0.2) is 0 Å². The van der Waals surface area contributed by atoms with Crippen LogP contribution < -0.4 is 10.6 Å². The number of benzene rings is 1. The second-order valence-electron chi connectivity index (χ2n) is 6.15. The normalized spacial score (nSPS) is 16.0. The van der Waals surface area contributed by atoms with E-state index < -0.39 is 5.54 Å². The summed E-state index contributed by atoms with van der Waals surface area (Å²) < 4.78 is 0.939. The summed E-state index contributed by atoms with van der Waals surface area (Å²) in [6.45, 7) is 0. The van der Waals surface area contributed by atoms with Crippen LogP contribution in [0.4, 0.5) is 5.69 Å². The third-order valence-electron chi connectivity index (χ3n) is 4.39. The molecule has 7 heteroatoms. The largest absolute Gasteiger partial charge is 0.336 e. The highest BCUT2D eigenvalue weighted by Crippen LogP contribution is 2.30. The number of rotatable bonds is 4. The lowest BCUT2D eigenvalue weighted by atomic mass is 9.80. The molecule has 2 aromatic rings. The summed E-state index contributed by atoms with van der Waals surface area (Å²) in [5, 5.41) is 5.84. The smallest absolute Gasteiger partial charge is 0.272 e. The quantitative estimate of drug-likeness (QED) is 0.821. The van der Waals surface area contributed by atoms with Crippen LogP contribution in [0, 0.1) is 0 Å². The summed E-state index contributed by atoms with van der Waals surface area (Å²) in [5.74, 6) is -0.562. The van der Waals surface area contributed by atoms with Crippen LogP contribution >= 0.6 is 15.9 Å². The monoisotopic (exact) mass is 402 g/mol. The van der Waals surface area contributed by atoms with Crippen LogP contribution in [-0.2, 0) is 4.79 Å². The second-order valence-corrected chi connectivity index (χ2v) is 7.06. The number of aromatic nitrogens is 2.